The zero-order valence-electron chi connectivity index (χ0n) is 17.4. The molecule has 4 aromatic rings. The molecule has 9 heteroatoms. The van der Waals surface area contributed by atoms with Gasteiger partial charge >= 0.3 is 0 Å². The van der Waals surface area contributed by atoms with Crippen molar-refractivity contribution in [3.05, 3.63) is 65.4 Å². The fraction of sp³-hybridized carbons (Fsp3) is 0.304. The smallest absolute Gasteiger partial charge is 0.270 e. The van der Waals surface area contributed by atoms with E-state index in [1.54, 1.807) is 20.8 Å². The van der Waals surface area contributed by atoms with Crippen molar-refractivity contribution in [3.8, 4) is 0 Å². The quantitative estimate of drug-likeness (QED) is 0.489. The number of fused-ring (bicyclic) bond motifs is 3. The Hall–Kier alpha value is -2.75. The highest BCUT2D eigenvalue weighted by Crippen LogP contribution is 2.51. The minimum Gasteiger partial charge on any atom is -0.349 e. The van der Waals surface area contributed by atoms with E-state index in [1.165, 1.54) is 11.3 Å². The van der Waals surface area contributed by atoms with Gasteiger partial charge in [-0.25, -0.2) is 13.4 Å². The Kier molecular flexibility index (Phi) is 4.43. The summed E-state index contributed by atoms with van der Waals surface area (Å²) < 4.78 is 30.8. The standard InChI is InChI=1S/C23H22N4O3S2/c1-14-21(26-9-10-31-23(26)25-14)22(28)24-12-19-18-11-16(18)13-27(19)32(29,30)20-8-4-6-15-5-2-3-7-17(15)20/h2-10,16,18-19H,11-13H2,1H3,(H,24,28)/t16-,18-,19-/m1/s1. The van der Waals surface area contributed by atoms with E-state index in [0.717, 1.165) is 22.2 Å². The third kappa shape index (κ3) is 2.99. The molecule has 1 aliphatic carbocycles. The molecule has 0 spiro atoms. The van der Waals surface area contributed by atoms with Crippen LogP contribution in [0, 0.1) is 18.8 Å². The van der Waals surface area contributed by atoms with Crippen LogP contribution >= 0.6 is 11.3 Å². The third-order valence-corrected chi connectivity index (χ3v) is 9.42. The zero-order chi connectivity index (χ0) is 22.0. The molecule has 2 aromatic heterocycles. The molecule has 0 unspecified atom stereocenters. The van der Waals surface area contributed by atoms with Gasteiger partial charge in [-0.05, 0) is 36.6 Å². The summed E-state index contributed by atoms with van der Waals surface area (Å²) in [6.45, 7) is 2.62. The highest BCUT2D eigenvalue weighted by atomic mass is 32.2. The molecule has 1 saturated heterocycles. The number of aromatic nitrogens is 2. The number of benzene rings is 2. The summed E-state index contributed by atoms with van der Waals surface area (Å²) in [7, 11) is -3.69. The number of thiazole rings is 1. The molecule has 0 radical (unpaired) electrons. The average molecular weight is 467 g/mol. The van der Waals surface area contributed by atoms with Gasteiger partial charge in [-0.2, -0.15) is 4.31 Å². The molecule has 7 nitrogen and oxygen atoms in total. The second kappa shape index (κ2) is 7.13. The summed E-state index contributed by atoms with van der Waals surface area (Å²) >= 11 is 1.48. The number of sulfonamides is 1. The van der Waals surface area contributed by atoms with Crippen LogP contribution in [0.15, 0.2) is 58.9 Å². The second-order valence-electron chi connectivity index (χ2n) is 8.59. The number of aryl methyl sites for hydroxylation is 1. The number of carbonyl (C=O) groups is 1. The summed E-state index contributed by atoms with van der Waals surface area (Å²) in [5, 5.41) is 6.52. The lowest BCUT2D eigenvalue weighted by molar-refractivity contribution is 0.0938. The number of rotatable bonds is 5. The molecule has 2 aliphatic rings. The number of imidazole rings is 1. The van der Waals surface area contributed by atoms with Gasteiger partial charge in [-0.3, -0.25) is 9.20 Å². The number of hydrogen-bond acceptors (Lipinski definition) is 5. The van der Waals surface area contributed by atoms with E-state index in [2.05, 4.69) is 10.3 Å². The lowest BCUT2D eigenvalue weighted by Gasteiger charge is -2.27. The fourth-order valence-electron chi connectivity index (χ4n) is 5.06. The number of hydrogen-bond donors (Lipinski definition) is 1. The second-order valence-corrected chi connectivity index (χ2v) is 11.3. The Bertz CT molecular complexity index is 1470. The fourth-order valence-corrected chi connectivity index (χ4v) is 7.76. The number of piperidine rings is 1. The molecule has 6 rings (SSSR count). The summed E-state index contributed by atoms with van der Waals surface area (Å²) in [6, 6.07) is 12.7. The zero-order valence-corrected chi connectivity index (χ0v) is 19.1. The molecule has 0 bridgehead atoms. The molecule has 1 saturated carbocycles. The van der Waals surface area contributed by atoms with Gasteiger partial charge in [0.05, 0.1) is 10.6 Å². The van der Waals surface area contributed by atoms with Crippen LogP contribution in [-0.4, -0.2) is 47.1 Å². The molecule has 32 heavy (non-hydrogen) atoms. The molecule has 3 heterocycles. The maximum atomic E-state index is 13.7. The Morgan fingerprint density at radius 2 is 2.03 bits per heavy atom. The van der Waals surface area contributed by atoms with Gasteiger partial charge in [0, 0.05) is 36.1 Å². The van der Waals surface area contributed by atoms with Gasteiger partial charge in [-0.1, -0.05) is 36.4 Å². The highest BCUT2D eigenvalue weighted by molar-refractivity contribution is 7.89. The van der Waals surface area contributed by atoms with E-state index in [9.17, 15) is 13.2 Å². The van der Waals surface area contributed by atoms with Crippen molar-refractivity contribution in [2.45, 2.75) is 24.3 Å². The Balaban J connectivity index is 1.28. The van der Waals surface area contributed by atoms with Gasteiger partial charge in [-0.15, -0.1) is 11.3 Å². The molecular weight excluding hydrogens is 444 g/mol. The number of nitrogens with zero attached hydrogens (tertiary/aromatic N) is 3. The van der Waals surface area contributed by atoms with Gasteiger partial charge in [0.15, 0.2) is 4.96 Å². The SMILES string of the molecule is Cc1nc2sccn2c1C(=O)NC[C@@H]1[C@@H]2C[C@@H]2CN1S(=O)(=O)c1cccc2ccccc12. The topological polar surface area (TPSA) is 83.8 Å². The molecule has 164 valence electrons. The Morgan fingerprint density at radius 1 is 1.22 bits per heavy atom. The van der Waals surface area contributed by atoms with Crippen molar-refractivity contribution < 1.29 is 13.2 Å². The third-order valence-electron chi connectivity index (χ3n) is 6.72. The Morgan fingerprint density at radius 3 is 2.91 bits per heavy atom. The van der Waals surface area contributed by atoms with Crippen molar-refractivity contribution >= 4 is 43.0 Å². The van der Waals surface area contributed by atoms with E-state index in [-0.39, 0.29) is 11.9 Å². The molecule has 1 amide bonds. The van der Waals surface area contributed by atoms with E-state index in [0.29, 0.717) is 41.2 Å². The first kappa shape index (κ1) is 19.9. The van der Waals surface area contributed by atoms with Gasteiger partial charge in [0.1, 0.15) is 5.69 Å². The van der Waals surface area contributed by atoms with Crippen LogP contribution in [0.3, 0.4) is 0 Å². The molecule has 2 fully saturated rings. The molecule has 1 N–H and O–H groups in total. The monoisotopic (exact) mass is 466 g/mol. The van der Waals surface area contributed by atoms with Gasteiger partial charge in [0.25, 0.3) is 5.91 Å². The lowest BCUT2D eigenvalue weighted by atomic mass is 10.1. The minimum absolute atomic E-state index is 0.222. The molecule has 2 aromatic carbocycles. The lowest BCUT2D eigenvalue weighted by Crippen LogP contribution is -2.45. The van der Waals surface area contributed by atoms with Crippen LogP contribution in [0.1, 0.15) is 22.6 Å². The van der Waals surface area contributed by atoms with E-state index >= 15 is 0 Å². The molecule has 1 aliphatic heterocycles. The largest absolute Gasteiger partial charge is 0.349 e. The number of amides is 1. The Labute approximate surface area is 189 Å². The van der Waals surface area contributed by atoms with Crippen LogP contribution in [-0.2, 0) is 10.0 Å². The van der Waals surface area contributed by atoms with Crippen molar-refractivity contribution in [1.29, 1.82) is 0 Å². The van der Waals surface area contributed by atoms with Crippen LogP contribution in [0.5, 0.6) is 0 Å². The summed E-state index contributed by atoms with van der Waals surface area (Å²) in [5.74, 6) is 0.453. The predicted molar refractivity (Wildman–Crippen MR) is 123 cm³/mol. The van der Waals surface area contributed by atoms with Crippen molar-refractivity contribution in [1.82, 2.24) is 19.0 Å². The highest BCUT2D eigenvalue weighted by Gasteiger charge is 2.56. The normalized spacial score (nSPS) is 23.0. The summed E-state index contributed by atoms with van der Waals surface area (Å²) in [5.41, 5.74) is 1.18. The van der Waals surface area contributed by atoms with Crippen LogP contribution in [0.4, 0.5) is 0 Å². The number of carbonyl (C=O) groups excluding carboxylic acids is 1. The van der Waals surface area contributed by atoms with Crippen LogP contribution < -0.4 is 5.32 Å². The van der Waals surface area contributed by atoms with Gasteiger partial charge < -0.3 is 5.32 Å². The maximum Gasteiger partial charge on any atom is 0.270 e. The molecular formula is C23H22N4O3S2. The average Bonchev–Trinajstić information content (AvgIpc) is 3.08. The first-order valence-corrected chi connectivity index (χ1v) is 13.0. The predicted octanol–water partition coefficient (Wildman–Crippen LogP) is 3.30. The van der Waals surface area contributed by atoms with Crippen LogP contribution in [0.25, 0.3) is 15.7 Å². The minimum atomic E-state index is -3.69. The first-order valence-electron chi connectivity index (χ1n) is 10.6. The van der Waals surface area contributed by atoms with E-state index < -0.39 is 10.0 Å². The summed E-state index contributed by atoms with van der Waals surface area (Å²) in [4.78, 5) is 18.5. The van der Waals surface area contributed by atoms with Crippen molar-refractivity contribution in [3.63, 3.8) is 0 Å². The molecule has 3 atom stereocenters. The maximum absolute atomic E-state index is 13.7. The van der Waals surface area contributed by atoms with Crippen molar-refractivity contribution in [2.75, 3.05) is 13.1 Å². The summed E-state index contributed by atoms with van der Waals surface area (Å²) in [6.07, 6.45) is 2.85. The van der Waals surface area contributed by atoms with Gasteiger partial charge in [0.2, 0.25) is 10.0 Å². The van der Waals surface area contributed by atoms with Crippen molar-refractivity contribution in [2.24, 2.45) is 11.8 Å². The first-order chi connectivity index (χ1) is 15.4. The van der Waals surface area contributed by atoms with E-state index in [1.807, 2.05) is 48.8 Å². The van der Waals surface area contributed by atoms with Crippen LogP contribution in [0.2, 0.25) is 0 Å². The number of nitrogens with one attached hydrogen (secondary N) is 1. The van der Waals surface area contributed by atoms with E-state index in [4.69, 9.17) is 0 Å².